The molecule has 0 unspecified atom stereocenters. The van der Waals surface area contributed by atoms with Crippen molar-refractivity contribution in [2.24, 2.45) is 0 Å². The predicted molar refractivity (Wildman–Crippen MR) is 103 cm³/mol. The van der Waals surface area contributed by atoms with E-state index in [2.05, 4.69) is 17.4 Å². The van der Waals surface area contributed by atoms with Crippen LogP contribution in [-0.2, 0) is 10.5 Å². The largest absolute Gasteiger partial charge is 0.497 e. The SMILES string of the molecule is COc1ccc(OC[C@@H](C)NC(=O)CCSCc2ccccc2)cc1. The van der Waals surface area contributed by atoms with Gasteiger partial charge in [-0.25, -0.2) is 0 Å². The van der Waals surface area contributed by atoms with Crippen LogP contribution in [0.4, 0.5) is 0 Å². The van der Waals surface area contributed by atoms with Crippen molar-refractivity contribution in [2.75, 3.05) is 19.5 Å². The number of hydrogen-bond donors (Lipinski definition) is 1. The molecular weight excluding hydrogens is 334 g/mol. The van der Waals surface area contributed by atoms with E-state index in [-0.39, 0.29) is 11.9 Å². The van der Waals surface area contributed by atoms with Crippen LogP contribution in [0, 0.1) is 0 Å². The van der Waals surface area contributed by atoms with Crippen LogP contribution in [0.15, 0.2) is 54.6 Å². The lowest BCUT2D eigenvalue weighted by molar-refractivity contribution is -0.121. The Kier molecular flexibility index (Phi) is 8.19. The zero-order valence-corrected chi connectivity index (χ0v) is 15.6. The number of benzene rings is 2. The van der Waals surface area contributed by atoms with Gasteiger partial charge in [0.15, 0.2) is 0 Å². The fourth-order valence-electron chi connectivity index (χ4n) is 2.21. The number of rotatable bonds is 10. The van der Waals surface area contributed by atoms with E-state index >= 15 is 0 Å². The van der Waals surface area contributed by atoms with Crippen LogP contribution < -0.4 is 14.8 Å². The lowest BCUT2D eigenvalue weighted by Gasteiger charge is -2.15. The number of carbonyl (C=O) groups is 1. The molecule has 1 N–H and O–H groups in total. The molecule has 25 heavy (non-hydrogen) atoms. The van der Waals surface area contributed by atoms with Crippen molar-refractivity contribution in [3.8, 4) is 11.5 Å². The number of methoxy groups -OCH3 is 1. The van der Waals surface area contributed by atoms with Gasteiger partial charge in [-0.15, -0.1) is 0 Å². The molecule has 0 spiro atoms. The summed E-state index contributed by atoms with van der Waals surface area (Å²) in [5.74, 6) is 3.37. The smallest absolute Gasteiger partial charge is 0.221 e. The summed E-state index contributed by atoms with van der Waals surface area (Å²) in [5.41, 5.74) is 1.29. The Balaban J connectivity index is 1.59. The van der Waals surface area contributed by atoms with Gasteiger partial charge in [-0.1, -0.05) is 30.3 Å². The van der Waals surface area contributed by atoms with Gasteiger partial charge in [-0.2, -0.15) is 11.8 Å². The second-order valence-electron chi connectivity index (χ2n) is 5.74. The molecule has 0 aliphatic rings. The first kappa shape index (κ1) is 19.2. The summed E-state index contributed by atoms with van der Waals surface area (Å²) >= 11 is 1.77. The first-order chi connectivity index (χ1) is 12.2. The first-order valence-corrected chi connectivity index (χ1v) is 9.50. The molecule has 4 nitrogen and oxygen atoms in total. The molecule has 0 bridgehead atoms. The highest BCUT2D eigenvalue weighted by Crippen LogP contribution is 2.17. The number of nitrogens with one attached hydrogen (secondary N) is 1. The van der Waals surface area contributed by atoms with E-state index in [1.807, 2.05) is 49.4 Å². The minimum Gasteiger partial charge on any atom is -0.497 e. The molecule has 0 aliphatic heterocycles. The van der Waals surface area contributed by atoms with Gasteiger partial charge in [0.05, 0.1) is 13.2 Å². The molecule has 0 fully saturated rings. The summed E-state index contributed by atoms with van der Waals surface area (Å²) < 4.78 is 10.8. The zero-order chi connectivity index (χ0) is 17.9. The third-order valence-corrected chi connectivity index (χ3v) is 4.58. The Bertz CT molecular complexity index is 631. The van der Waals surface area contributed by atoms with Crippen LogP contribution in [0.5, 0.6) is 11.5 Å². The fourth-order valence-corrected chi connectivity index (χ4v) is 3.11. The molecule has 1 amide bonds. The standard InChI is InChI=1S/C20H25NO3S/c1-16(14-24-19-10-8-18(23-2)9-11-19)21-20(22)12-13-25-15-17-6-4-3-5-7-17/h3-11,16H,12-15H2,1-2H3,(H,21,22)/t16-/m1/s1. The monoisotopic (exact) mass is 359 g/mol. The van der Waals surface area contributed by atoms with Crippen LogP contribution in [-0.4, -0.2) is 31.4 Å². The highest BCUT2D eigenvalue weighted by Gasteiger charge is 2.08. The Morgan fingerprint density at radius 1 is 1.08 bits per heavy atom. The third kappa shape index (κ3) is 7.52. The summed E-state index contributed by atoms with van der Waals surface area (Å²) in [6.07, 6.45) is 0.518. The number of amides is 1. The molecule has 0 saturated heterocycles. The number of carbonyl (C=O) groups excluding carboxylic acids is 1. The maximum absolute atomic E-state index is 12.0. The van der Waals surface area contributed by atoms with Crippen LogP contribution in [0.1, 0.15) is 18.9 Å². The molecule has 5 heteroatoms. The molecule has 2 aromatic rings. The van der Waals surface area contributed by atoms with Gasteiger partial charge in [-0.05, 0) is 36.8 Å². The minimum absolute atomic E-state index is 0.0336. The van der Waals surface area contributed by atoms with E-state index in [1.165, 1.54) is 5.56 Å². The summed E-state index contributed by atoms with van der Waals surface area (Å²) in [7, 11) is 1.63. The number of ether oxygens (including phenoxy) is 2. The summed E-state index contributed by atoms with van der Waals surface area (Å²) in [4.78, 5) is 12.0. The first-order valence-electron chi connectivity index (χ1n) is 8.35. The third-order valence-electron chi connectivity index (χ3n) is 3.55. The average Bonchev–Trinajstić information content (AvgIpc) is 2.65. The fraction of sp³-hybridized carbons (Fsp3) is 0.350. The van der Waals surface area contributed by atoms with Crippen molar-refractivity contribution in [3.05, 3.63) is 60.2 Å². The Morgan fingerprint density at radius 3 is 2.44 bits per heavy atom. The molecule has 2 rings (SSSR count). The highest BCUT2D eigenvalue weighted by molar-refractivity contribution is 7.98. The number of hydrogen-bond acceptors (Lipinski definition) is 4. The topological polar surface area (TPSA) is 47.6 Å². The van der Waals surface area contributed by atoms with E-state index in [0.717, 1.165) is 23.0 Å². The van der Waals surface area contributed by atoms with Gasteiger partial charge in [0.1, 0.15) is 18.1 Å². The molecule has 134 valence electrons. The van der Waals surface area contributed by atoms with Crippen molar-refractivity contribution in [3.63, 3.8) is 0 Å². The summed E-state index contributed by atoms with van der Waals surface area (Å²) in [6, 6.07) is 17.7. The predicted octanol–water partition coefficient (Wildman–Crippen LogP) is 3.90. The number of thioether (sulfide) groups is 1. The average molecular weight is 359 g/mol. The molecule has 0 aromatic heterocycles. The molecule has 0 radical (unpaired) electrons. The van der Waals surface area contributed by atoms with Crippen molar-refractivity contribution in [1.29, 1.82) is 0 Å². The second kappa shape index (κ2) is 10.7. The van der Waals surface area contributed by atoms with E-state index < -0.39 is 0 Å². The zero-order valence-electron chi connectivity index (χ0n) is 14.7. The molecular formula is C20H25NO3S. The van der Waals surface area contributed by atoms with Crippen molar-refractivity contribution >= 4 is 17.7 Å². The van der Waals surface area contributed by atoms with Crippen molar-refractivity contribution in [2.45, 2.75) is 25.1 Å². The van der Waals surface area contributed by atoms with Gasteiger partial charge in [0.25, 0.3) is 0 Å². The Morgan fingerprint density at radius 2 is 1.76 bits per heavy atom. The van der Waals surface area contributed by atoms with Crippen molar-refractivity contribution < 1.29 is 14.3 Å². The van der Waals surface area contributed by atoms with E-state index in [9.17, 15) is 4.79 Å². The maximum atomic E-state index is 12.0. The van der Waals surface area contributed by atoms with Gasteiger partial charge in [0, 0.05) is 17.9 Å². The van der Waals surface area contributed by atoms with Crippen LogP contribution in [0.3, 0.4) is 0 Å². The van der Waals surface area contributed by atoms with E-state index in [0.29, 0.717) is 13.0 Å². The summed E-state index contributed by atoms with van der Waals surface area (Å²) in [6.45, 7) is 2.38. The molecule has 0 aliphatic carbocycles. The minimum atomic E-state index is -0.0336. The lowest BCUT2D eigenvalue weighted by Crippen LogP contribution is -2.36. The second-order valence-corrected chi connectivity index (χ2v) is 6.85. The van der Waals surface area contributed by atoms with Crippen molar-refractivity contribution in [1.82, 2.24) is 5.32 Å². The molecule has 1 atom stereocenters. The van der Waals surface area contributed by atoms with Gasteiger partial charge in [0.2, 0.25) is 5.91 Å². The molecule has 2 aromatic carbocycles. The normalized spacial score (nSPS) is 11.6. The lowest BCUT2D eigenvalue weighted by atomic mass is 10.2. The van der Waals surface area contributed by atoms with E-state index in [4.69, 9.17) is 9.47 Å². The van der Waals surface area contributed by atoms with Gasteiger partial charge < -0.3 is 14.8 Å². The van der Waals surface area contributed by atoms with E-state index in [1.54, 1.807) is 18.9 Å². The van der Waals surface area contributed by atoms with Crippen LogP contribution in [0.25, 0.3) is 0 Å². The summed E-state index contributed by atoms with van der Waals surface area (Å²) in [5, 5.41) is 2.97. The maximum Gasteiger partial charge on any atom is 0.221 e. The Hall–Kier alpha value is -2.14. The Labute approximate surface area is 153 Å². The van der Waals surface area contributed by atoms with Gasteiger partial charge in [-0.3, -0.25) is 4.79 Å². The van der Waals surface area contributed by atoms with Crippen LogP contribution >= 0.6 is 11.8 Å². The molecule has 0 heterocycles. The van der Waals surface area contributed by atoms with Gasteiger partial charge >= 0.3 is 0 Å². The van der Waals surface area contributed by atoms with Crippen LogP contribution in [0.2, 0.25) is 0 Å². The quantitative estimate of drug-likeness (QED) is 0.654. The highest BCUT2D eigenvalue weighted by atomic mass is 32.2. The molecule has 0 saturated carbocycles.